The predicted molar refractivity (Wildman–Crippen MR) is 66.0 cm³/mol. The highest BCUT2D eigenvalue weighted by molar-refractivity contribution is 6.27. The summed E-state index contributed by atoms with van der Waals surface area (Å²) in [5.41, 5.74) is 1.94. The second-order valence-corrected chi connectivity index (χ2v) is 3.86. The lowest BCUT2D eigenvalue weighted by molar-refractivity contribution is 0.0978. The van der Waals surface area contributed by atoms with Crippen molar-refractivity contribution in [1.82, 2.24) is 5.32 Å². The molecule has 1 aromatic rings. The van der Waals surface area contributed by atoms with Gasteiger partial charge in [-0.05, 0) is 19.2 Å². The minimum absolute atomic E-state index is 0.0732. The van der Waals surface area contributed by atoms with E-state index < -0.39 is 0 Å². The number of allylic oxidation sites excluding steroid dienone is 3. The third kappa shape index (κ3) is 1.80. The Balaban J connectivity index is 2.58. The predicted octanol–water partition coefficient (Wildman–Crippen LogP) is 2.12. The highest BCUT2D eigenvalue weighted by Crippen LogP contribution is 2.26. The van der Waals surface area contributed by atoms with Crippen LogP contribution in [0.15, 0.2) is 47.7 Å². The number of fused-ring (bicyclic) bond motifs is 1. The zero-order valence-electron chi connectivity index (χ0n) is 9.78. The fourth-order valence-corrected chi connectivity index (χ4v) is 1.89. The van der Waals surface area contributed by atoms with Gasteiger partial charge in [-0.15, -0.1) is 0 Å². The van der Waals surface area contributed by atoms with E-state index >= 15 is 0 Å². The number of Topliss-reactive ketones (excluding diaryl/α,β-unsaturated/α-hetero) is 2. The van der Waals surface area contributed by atoms with E-state index in [1.807, 2.05) is 0 Å². The number of hydrogen-bond donors (Lipinski definition) is 1. The van der Waals surface area contributed by atoms with Gasteiger partial charge in [-0.1, -0.05) is 24.3 Å². The van der Waals surface area contributed by atoms with E-state index in [0.717, 1.165) is 0 Å². The first-order chi connectivity index (χ1) is 8.16. The Labute approximate surface area is 99.8 Å². The highest BCUT2D eigenvalue weighted by Gasteiger charge is 2.27. The molecule has 0 spiro atoms. The van der Waals surface area contributed by atoms with Crippen LogP contribution in [0.25, 0.3) is 0 Å². The number of rotatable bonds is 2. The Kier molecular flexibility index (Phi) is 2.91. The standard InChI is InChI=1S/C14H13NO2/c1-9-10(7-8-15-2)14(17)12-6-4-3-5-11(12)13(9)16/h3-8,15H,1-2H3/b8-7-. The number of carbonyl (C=O) groups is 2. The van der Waals surface area contributed by atoms with Gasteiger partial charge in [0, 0.05) is 29.3 Å². The molecule has 0 atom stereocenters. The average Bonchev–Trinajstić information content (AvgIpc) is 2.36. The maximum Gasteiger partial charge on any atom is 0.194 e. The van der Waals surface area contributed by atoms with Gasteiger partial charge >= 0.3 is 0 Å². The van der Waals surface area contributed by atoms with Crippen molar-refractivity contribution >= 4 is 11.6 Å². The minimum Gasteiger partial charge on any atom is -0.394 e. The van der Waals surface area contributed by atoms with E-state index in [-0.39, 0.29) is 11.6 Å². The van der Waals surface area contributed by atoms with Crippen LogP contribution in [0.1, 0.15) is 27.6 Å². The van der Waals surface area contributed by atoms with Crippen LogP contribution in [-0.2, 0) is 0 Å². The van der Waals surface area contributed by atoms with Crippen molar-refractivity contribution in [2.75, 3.05) is 7.05 Å². The summed E-state index contributed by atoms with van der Waals surface area (Å²) in [4.78, 5) is 24.3. The molecule has 3 nitrogen and oxygen atoms in total. The summed E-state index contributed by atoms with van der Waals surface area (Å²) < 4.78 is 0. The molecule has 0 radical (unpaired) electrons. The second-order valence-electron chi connectivity index (χ2n) is 3.86. The lowest BCUT2D eigenvalue weighted by Gasteiger charge is -2.16. The summed E-state index contributed by atoms with van der Waals surface area (Å²) in [5.74, 6) is -0.167. The van der Waals surface area contributed by atoms with Crippen molar-refractivity contribution in [2.24, 2.45) is 0 Å². The average molecular weight is 227 g/mol. The Morgan fingerprint density at radius 2 is 1.65 bits per heavy atom. The van der Waals surface area contributed by atoms with Gasteiger partial charge in [0.15, 0.2) is 11.6 Å². The molecule has 0 fully saturated rings. The number of hydrogen-bond acceptors (Lipinski definition) is 3. The van der Waals surface area contributed by atoms with E-state index in [1.54, 1.807) is 50.5 Å². The molecule has 17 heavy (non-hydrogen) atoms. The summed E-state index contributed by atoms with van der Waals surface area (Å²) in [6.45, 7) is 1.69. The SMILES string of the molecule is CN/C=C\C1=C(C)C(=O)c2ccccc2C1=O. The van der Waals surface area contributed by atoms with Gasteiger partial charge in [-0.3, -0.25) is 9.59 Å². The maximum absolute atomic E-state index is 12.2. The molecule has 0 aliphatic heterocycles. The molecule has 0 amide bonds. The number of benzene rings is 1. The first-order valence-electron chi connectivity index (χ1n) is 5.40. The molecule has 1 N–H and O–H groups in total. The number of carbonyl (C=O) groups excluding carboxylic acids is 2. The Morgan fingerprint density at radius 1 is 1.06 bits per heavy atom. The molecule has 1 aliphatic carbocycles. The molecule has 0 saturated carbocycles. The Bertz CT molecular complexity index is 553. The first-order valence-corrected chi connectivity index (χ1v) is 5.40. The largest absolute Gasteiger partial charge is 0.394 e. The van der Waals surface area contributed by atoms with Crippen LogP contribution in [0.2, 0.25) is 0 Å². The highest BCUT2D eigenvalue weighted by atomic mass is 16.1. The third-order valence-corrected chi connectivity index (χ3v) is 2.82. The normalized spacial score (nSPS) is 15.4. The van der Waals surface area contributed by atoms with Gasteiger partial charge in [0.1, 0.15) is 0 Å². The second kappa shape index (κ2) is 4.37. The molecule has 0 unspecified atom stereocenters. The van der Waals surface area contributed by atoms with Crippen LogP contribution in [-0.4, -0.2) is 18.6 Å². The maximum atomic E-state index is 12.2. The summed E-state index contributed by atoms with van der Waals surface area (Å²) in [5, 5.41) is 2.82. The molecule has 3 heteroatoms. The van der Waals surface area contributed by atoms with Crippen molar-refractivity contribution in [1.29, 1.82) is 0 Å². The van der Waals surface area contributed by atoms with Crippen LogP contribution >= 0.6 is 0 Å². The van der Waals surface area contributed by atoms with Gasteiger partial charge in [0.25, 0.3) is 0 Å². The van der Waals surface area contributed by atoms with Crippen molar-refractivity contribution < 1.29 is 9.59 Å². The lowest BCUT2D eigenvalue weighted by Crippen LogP contribution is -2.20. The van der Waals surface area contributed by atoms with Crippen LogP contribution in [0.3, 0.4) is 0 Å². The minimum atomic E-state index is -0.0933. The fourth-order valence-electron chi connectivity index (χ4n) is 1.89. The molecule has 0 saturated heterocycles. The van der Waals surface area contributed by atoms with Crippen molar-refractivity contribution in [3.8, 4) is 0 Å². The molecule has 1 aromatic carbocycles. The van der Waals surface area contributed by atoms with Crippen molar-refractivity contribution in [3.05, 3.63) is 58.8 Å². The third-order valence-electron chi connectivity index (χ3n) is 2.82. The molecule has 2 rings (SSSR count). The molecular formula is C14H13NO2. The molecule has 0 bridgehead atoms. The van der Waals surface area contributed by atoms with Crippen molar-refractivity contribution in [3.63, 3.8) is 0 Å². The zero-order valence-corrected chi connectivity index (χ0v) is 9.78. The van der Waals surface area contributed by atoms with E-state index in [1.165, 1.54) is 0 Å². The summed E-state index contributed by atoms with van der Waals surface area (Å²) >= 11 is 0. The van der Waals surface area contributed by atoms with Gasteiger partial charge in [-0.25, -0.2) is 0 Å². The quantitative estimate of drug-likeness (QED) is 0.841. The first kappa shape index (κ1) is 11.3. The molecule has 0 aromatic heterocycles. The van der Waals surface area contributed by atoms with Gasteiger partial charge in [0.2, 0.25) is 0 Å². The van der Waals surface area contributed by atoms with Crippen LogP contribution in [0, 0.1) is 0 Å². The van der Waals surface area contributed by atoms with Crippen LogP contribution in [0.4, 0.5) is 0 Å². The molecular weight excluding hydrogens is 214 g/mol. The fraction of sp³-hybridized carbons (Fsp3) is 0.143. The monoisotopic (exact) mass is 227 g/mol. The Morgan fingerprint density at radius 3 is 2.24 bits per heavy atom. The van der Waals surface area contributed by atoms with Crippen LogP contribution < -0.4 is 5.32 Å². The van der Waals surface area contributed by atoms with E-state index in [4.69, 9.17) is 0 Å². The smallest absolute Gasteiger partial charge is 0.194 e. The van der Waals surface area contributed by atoms with Crippen molar-refractivity contribution in [2.45, 2.75) is 6.92 Å². The Hall–Kier alpha value is -2.16. The van der Waals surface area contributed by atoms with Crippen LogP contribution in [0.5, 0.6) is 0 Å². The number of ketones is 2. The summed E-state index contributed by atoms with van der Waals surface area (Å²) in [6, 6.07) is 6.92. The zero-order chi connectivity index (χ0) is 12.4. The van der Waals surface area contributed by atoms with E-state index in [0.29, 0.717) is 22.3 Å². The van der Waals surface area contributed by atoms with E-state index in [2.05, 4.69) is 5.32 Å². The van der Waals surface area contributed by atoms with Gasteiger partial charge in [-0.2, -0.15) is 0 Å². The van der Waals surface area contributed by atoms with E-state index in [9.17, 15) is 9.59 Å². The summed E-state index contributed by atoms with van der Waals surface area (Å²) in [7, 11) is 1.75. The molecule has 0 heterocycles. The summed E-state index contributed by atoms with van der Waals surface area (Å²) in [6.07, 6.45) is 3.30. The number of nitrogens with one attached hydrogen (secondary N) is 1. The molecule has 1 aliphatic rings. The lowest BCUT2D eigenvalue weighted by atomic mass is 9.85. The van der Waals surface area contributed by atoms with Gasteiger partial charge in [0.05, 0.1) is 0 Å². The van der Waals surface area contributed by atoms with Gasteiger partial charge < -0.3 is 5.32 Å². The topological polar surface area (TPSA) is 46.2 Å². The molecule has 86 valence electrons.